The average molecular weight is 357 g/mol. The zero-order valence-corrected chi connectivity index (χ0v) is 14.2. The highest BCUT2D eigenvalue weighted by molar-refractivity contribution is 5.92. The van der Waals surface area contributed by atoms with Gasteiger partial charge in [0.05, 0.1) is 30.8 Å². The van der Waals surface area contributed by atoms with Gasteiger partial charge in [0.2, 0.25) is 0 Å². The van der Waals surface area contributed by atoms with Crippen LogP contribution < -0.4 is 10.1 Å². The van der Waals surface area contributed by atoms with Crippen LogP contribution in [0.1, 0.15) is 28.2 Å². The summed E-state index contributed by atoms with van der Waals surface area (Å²) in [6.45, 7) is 2.27. The van der Waals surface area contributed by atoms with Gasteiger partial charge in [-0.1, -0.05) is 18.2 Å². The van der Waals surface area contributed by atoms with Crippen molar-refractivity contribution < 1.29 is 24.5 Å². The summed E-state index contributed by atoms with van der Waals surface area (Å²) in [5.74, 6) is -0.664. The number of carbonyl (C=O) groups is 1. The van der Waals surface area contributed by atoms with E-state index < -0.39 is 12.8 Å². The van der Waals surface area contributed by atoms with Gasteiger partial charge in [-0.3, -0.25) is 0 Å². The van der Waals surface area contributed by atoms with Gasteiger partial charge in [-0.05, 0) is 25.0 Å². The molecule has 1 aromatic heterocycles. The molecule has 0 spiro atoms. The fourth-order valence-corrected chi connectivity index (χ4v) is 2.73. The van der Waals surface area contributed by atoms with Crippen LogP contribution in [0.15, 0.2) is 30.5 Å². The molecule has 0 atom stereocenters. The van der Waals surface area contributed by atoms with Gasteiger partial charge >= 0.3 is 5.97 Å². The molecule has 1 aromatic carbocycles. The van der Waals surface area contributed by atoms with Crippen molar-refractivity contribution >= 4 is 23.0 Å². The van der Waals surface area contributed by atoms with Crippen molar-refractivity contribution in [3.63, 3.8) is 0 Å². The fourth-order valence-electron chi connectivity index (χ4n) is 2.73. The van der Waals surface area contributed by atoms with Crippen LogP contribution in [-0.4, -0.2) is 46.2 Å². The highest BCUT2D eigenvalue weighted by atomic mass is 16.6. The molecule has 1 aliphatic rings. The normalized spacial score (nSPS) is 13.8. The van der Waals surface area contributed by atoms with Crippen molar-refractivity contribution in [2.75, 3.05) is 25.3 Å². The molecule has 3 N–H and O–H groups in total. The molecule has 0 fully saturated rings. The maximum atomic E-state index is 11.5. The van der Waals surface area contributed by atoms with Crippen LogP contribution in [0.3, 0.4) is 0 Å². The summed E-state index contributed by atoms with van der Waals surface area (Å²) in [5.41, 5.74) is 2.65. The molecule has 0 aliphatic carbocycles. The zero-order chi connectivity index (χ0) is 18.5. The number of para-hydroxylation sites is 1. The van der Waals surface area contributed by atoms with Crippen LogP contribution >= 0.6 is 0 Å². The van der Waals surface area contributed by atoms with E-state index in [4.69, 9.17) is 9.47 Å². The molecule has 0 radical (unpaired) electrons. The lowest BCUT2D eigenvalue weighted by molar-refractivity contribution is 0.0690. The number of carboxylic acids is 1. The Bertz CT molecular complexity index is 851. The number of aryl methyl sites for hydroxylation is 1. The molecular weight excluding hydrogens is 338 g/mol. The van der Waals surface area contributed by atoms with Crippen molar-refractivity contribution in [3.8, 4) is 5.75 Å². The number of nitrogens with zero attached hydrogens (tertiary/aromatic N) is 2. The molecule has 1 aliphatic heterocycles. The Balaban J connectivity index is 2.03. The third-order valence-corrected chi connectivity index (χ3v) is 3.88. The van der Waals surface area contributed by atoms with Crippen LogP contribution in [-0.2, 0) is 4.74 Å². The minimum atomic E-state index is -1.18. The average Bonchev–Trinajstić information content (AvgIpc) is 2.65. The summed E-state index contributed by atoms with van der Waals surface area (Å²) >= 11 is 0. The van der Waals surface area contributed by atoms with Crippen molar-refractivity contribution in [2.45, 2.75) is 13.3 Å². The second-order valence-electron chi connectivity index (χ2n) is 5.65. The first-order valence-electron chi connectivity index (χ1n) is 8.08. The maximum absolute atomic E-state index is 11.5. The Morgan fingerprint density at radius 2 is 2.27 bits per heavy atom. The number of ether oxygens (including phenoxy) is 2. The minimum Gasteiger partial charge on any atom is -0.476 e. The Morgan fingerprint density at radius 3 is 2.96 bits per heavy atom. The third kappa shape index (κ3) is 3.81. The summed E-state index contributed by atoms with van der Waals surface area (Å²) in [6, 6.07) is 5.42. The summed E-state index contributed by atoms with van der Waals surface area (Å²) < 4.78 is 10.8. The van der Waals surface area contributed by atoms with Gasteiger partial charge in [-0.25, -0.2) is 14.8 Å². The first-order chi connectivity index (χ1) is 12.6. The number of aromatic nitrogens is 2. The molecule has 0 amide bonds. The van der Waals surface area contributed by atoms with E-state index in [1.54, 1.807) is 13.0 Å². The van der Waals surface area contributed by atoms with E-state index in [0.29, 0.717) is 30.3 Å². The number of rotatable bonds is 6. The number of nitrogens with one attached hydrogen (secondary N) is 1. The van der Waals surface area contributed by atoms with E-state index >= 15 is 0 Å². The first kappa shape index (κ1) is 17.8. The molecule has 136 valence electrons. The van der Waals surface area contributed by atoms with E-state index in [1.165, 1.54) is 6.20 Å². The van der Waals surface area contributed by atoms with Crippen molar-refractivity contribution in [3.05, 3.63) is 47.4 Å². The predicted octanol–water partition coefficient (Wildman–Crippen LogP) is 2.36. The lowest BCUT2D eigenvalue weighted by Gasteiger charge is -2.20. The highest BCUT2D eigenvalue weighted by Crippen LogP contribution is 2.37. The van der Waals surface area contributed by atoms with E-state index in [1.807, 2.05) is 18.2 Å². The summed E-state index contributed by atoms with van der Waals surface area (Å²) in [5, 5.41) is 21.6. The maximum Gasteiger partial charge on any atom is 0.358 e. The number of carboxylic acid groups (broad SMARTS) is 1. The van der Waals surface area contributed by atoms with E-state index in [9.17, 15) is 15.0 Å². The minimum absolute atomic E-state index is 0.101. The quantitative estimate of drug-likeness (QED) is 0.675. The number of hydrogen-bond acceptors (Lipinski definition) is 7. The molecule has 0 saturated heterocycles. The van der Waals surface area contributed by atoms with Crippen LogP contribution in [0, 0.1) is 6.92 Å². The second-order valence-corrected chi connectivity index (χ2v) is 5.65. The number of aliphatic hydroxyl groups is 1. The highest BCUT2D eigenvalue weighted by Gasteiger charge is 2.19. The number of aromatic carboxylic acids is 1. The van der Waals surface area contributed by atoms with Crippen LogP contribution in [0.4, 0.5) is 11.5 Å². The van der Waals surface area contributed by atoms with Gasteiger partial charge in [0, 0.05) is 5.56 Å². The molecule has 3 rings (SSSR count). The fraction of sp³-hybridized carbons (Fsp3) is 0.278. The van der Waals surface area contributed by atoms with Gasteiger partial charge in [0.25, 0.3) is 0 Å². The predicted molar refractivity (Wildman–Crippen MR) is 94.6 cm³/mol. The largest absolute Gasteiger partial charge is 0.476 e. The van der Waals surface area contributed by atoms with Gasteiger partial charge in [-0.2, -0.15) is 0 Å². The smallest absolute Gasteiger partial charge is 0.358 e. The first-order valence-corrected chi connectivity index (χ1v) is 8.08. The number of aliphatic hydroxyl groups excluding tert-OH is 1. The molecule has 8 nitrogen and oxygen atoms in total. The van der Waals surface area contributed by atoms with E-state index in [2.05, 4.69) is 15.3 Å². The Morgan fingerprint density at radius 1 is 1.42 bits per heavy atom. The summed E-state index contributed by atoms with van der Waals surface area (Å²) in [6.07, 6.45) is 4.16. The summed E-state index contributed by atoms with van der Waals surface area (Å²) in [4.78, 5) is 19.6. The van der Waals surface area contributed by atoms with Gasteiger partial charge in [0.1, 0.15) is 0 Å². The van der Waals surface area contributed by atoms with Crippen molar-refractivity contribution in [1.82, 2.24) is 9.97 Å². The lowest BCUT2D eigenvalue weighted by atomic mass is 9.99. The van der Waals surface area contributed by atoms with E-state index in [0.717, 1.165) is 17.6 Å². The Hall–Kier alpha value is -2.97. The molecule has 8 heteroatoms. The van der Waals surface area contributed by atoms with Crippen LogP contribution in [0.2, 0.25) is 0 Å². The molecular formula is C18H19N3O5. The zero-order valence-electron chi connectivity index (χ0n) is 14.2. The Kier molecular flexibility index (Phi) is 5.45. The van der Waals surface area contributed by atoms with Crippen LogP contribution in [0.5, 0.6) is 5.75 Å². The molecule has 26 heavy (non-hydrogen) atoms. The standard InChI is InChI=1S/C18H19N3O5/c1-11-9-19-17(15(20-11)18(23)24)21-14-4-2-3-13(16(14)26-10-22)12-5-7-25-8-6-12/h2-5,9,22H,6-8,10H2,1H3,(H,19,21)(H,23,24). The van der Waals surface area contributed by atoms with Gasteiger partial charge < -0.3 is 25.0 Å². The molecule has 2 aromatic rings. The molecule has 0 unspecified atom stereocenters. The van der Waals surface area contributed by atoms with E-state index in [-0.39, 0.29) is 11.5 Å². The van der Waals surface area contributed by atoms with Gasteiger partial charge in [-0.15, -0.1) is 0 Å². The van der Waals surface area contributed by atoms with Crippen LogP contribution in [0.25, 0.3) is 5.57 Å². The molecule has 2 heterocycles. The van der Waals surface area contributed by atoms with Crippen molar-refractivity contribution in [1.29, 1.82) is 0 Å². The lowest BCUT2D eigenvalue weighted by Crippen LogP contribution is -2.11. The monoisotopic (exact) mass is 357 g/mol. The number of hydrogen-bond donors (Lipinski definition) is 3. The molecule has 0 bridgehead atoms. The Labute approximate surface area is 150 Å². The van der Waals surface area contributed by atoms with Gasteiger partial charge in [0.15, 0.2) is 24.1 Å². The van der Waals surface area contributed by atoms with Crippen molar-refractivity contribution in [2.24, 2.45) is 0 Å². The summed E-state index contributed by atoms with van der Waals surface area (Å²) in [7, 11) is 0. The third-order valence-electron chi connectivity index (χ3n) is 3.88. The second kappa shape index (κ2) is 7.94. The SMILES string of the molecule is Cc1cnc(Nc2cccc(C3=CCOCC3)c2OCO)c(C(=O)O)n1. The number of anilines is 2. The topological polar surface area (TPSA) is 114 Å². The number of benzene rings is 1. The molecule has 0 saturated carbocycles.